The molecule has 150 valence electrons. The first-order chi connectivity index (χ1) is 12.6. The molecule has 27 heavy (non-hydrogen) atoms. The summed E-state index contributed by atoms with van der Waals surface area (Å²) in [5.41, 5.74) is 3.34. The van der Waals surface area contributed by atoms with E-state index in [1.54, 1.807) is 13.2 Å². The molecule has 0 spiro atoms. The summed E-state index contributed by atoms with van der Waals surface area (Å²) in [4.78, 5) is 4.26. The number of hydrogen-bond acceptors (Lipinski definition) is 3. The lowest BCUT2D eigenvalue weighted by Crippen LogP contribution is -2.36. The van der Waals surface area contributed by atoms with Crippen molar-refractivity contribution in [1.29, 1.82) is 0 Å². The number of aromatic nitrogens is 2. The number of guanidine groups is 1. The Morgan fingerprint density at radius 1 is 1.22 bits per heavy atom. The monoisotopic (exact) mass is 485 g/mol. The van der Waals surface area contributed by atoms with E-state index in [0.717, 1.165) is 36.0 Å². The minimum atomic E-state index is 0. The first-order valence-electron chi connectivity index (χ1n) is 9.23. The van der Waals surface area contributed by atoms with Gasteiger partial charge in [-0.15, -0.1) is 24.0 Å². The molecule has 1 heterocycles. The van der Waals surface area contributed by atoms with E-state index in [-0.39, 0.29) is 24.0 Å². The van der Waals surface area contributed by atoms with Gasteiger partial charge in [-0.2, -0.15) is 5.10 Å². The third kappa shape index (κ3) is 8.64. The SMILES string of the molecule is CN=C(NCc1ccn[nH]1)NCc1ccc(C)cc1OCCCC(C)C.I. The fraction of sp³-hybridized carbons (Fsp3) is 0.500. The average Bonchev–Trinajstić information content (AvgIpc) is 3.13. The summed E-state index contributed by atoms with van der Waals surface area (Å²) in [5, 5.41) is 13.5. The molecule has 1 aromatic heterocycles. The van der Waals surface area contributed by atoms with Crippen LogP contribution in [0, 0.1) is 12.8 Å². The molecule has 0 saturated carbocycles. The van der Waals surface area contributed by atoms with Gasteiger partial charge in [-0.25, -0.2) is 0 Å². The van der Waals surface area contributed by atoms with Crippen molar-refractivity contribution in [2.75, 3.05) is 13.7 Å². The van der Waals surface area contributed by atoms with E-state index in [1.807, 2.05) is 6.07 Å². The van der Waals surface area contributed by atoms with Crippen molar-refractivity contribution in [3.8, 4) is 5.75 Å². The summed E-state index contributed by atoms with van der Waals surface area (Å²) in [7, 11) is 1.76. The number of H-pyrrole nitrogens is 1. The lowest BCUT2D eigenvalue weighted by molar-refractivity contribution is 0.294. The van der Waals surface area contributed by atoms with Gasteiger partial charge in [-0.1, -0.05) is 26.0 Å². The van der Waals surface area contributed by atoms with E-state index < -0.39 is 0 Å². The number of benzene rings is 1. The van der Waals surface area contributed by atoms with Gasteiger partial charge in [-0.05, 0) is 43.4 Å². The topological polar surface area (TPSA) is 74.3 Å². The van der Waals surface area contributed by atoms with Crippen LogP contribution in [0.5, 0.6) is 5.75 Å². The van der Waals surface area contributed by atoms with Crippen LogP contribution in [-0.4, -0.2) is 29.8 Å². The normalized spacial score (nSPS) is 11.2. The van der Waals surface area contributed by atoms with Crippen molar-refractivity contribution in [2.24, 2.45) is 10.9 Å². The molecule has 2 aromatic rings. The smallest absolute Gasteiger partial charge is 0.191 e. The van der Waals surface area contributed by atoms with Gasteiger partial charge in [0.1, 0.15) is 5.75 Å². The second kappa shape index (κ2) is 12.6. The fourth-order valence-electron chi connectivity index (χ4n) is 2.58. The zero-order chi connectivity index (χ0) is 18.8. The highest BCUT2D eigenvalue weighted by Gasteiger charge is 2.07. The van der Waals surface area contributed by atoms with Crippen LogP contribution in [-0.2, 0) is 13.1 Å². The lowest BCUT2D eigenvalue weighted by atomic mass is 10.1. The summed E-state index contributed by atoms with van der Waals surface area (Å²) in [6.45, 7) is 8.62. The molecule has 0 saturated heterocycles. The van der Waals surface area contributed by atoms with Crippen LogP contribution < -0.4 is 15.4 Å². The number of rotatable bonds is 9. The predicted octanol–water partition coefficient (Wildman–Crippen LogP) is 4.02. The van der Waals surface area contributed by atoms with Gasteiger partial charge >= 0.3 is 0 Å². The number of aromatic amines is 1. The van der Waals surface area contributed by atoms with E-state index in [0.29, 0.717) is 19.0 Å². The van der Waals surface area contributed by atoms with Gasteiger partial charge in [0.05, 0.1) is 18.8 Å². The van der Waals surface area contributed by atoms with Crippen LogP contribution in [0.15, 0.2) is 35.5 Å². The third-order valence-electron chi connectivity index (χ3n) is 4.08. The Labute approximate surface area is 179 Å². The zero-order valence-electron chi connectivity index (χ0n) is 16.7. The molecule has 7 heteroatoms. The van der Waals surface area contributed by atoms with Gasteiger partial charge in [0.25, 0.3) is 0 Å². The second-order valence-corrected chi connectivity index (χ2v) is 6.86. The van der Waals surface area contributed by atoms with Crippen molar-refractivity contribution in [3.63, 3.8) is 0 Å². The van der Waals surface area contributed by atoms with Crippen molar-refractivity contribution >= 4 is 29.9 Å². The van der Waals surface area contributed by atoms with Gasteiger partial charge < -0.3 is 15.4 Å². The Kier molecular flexibility index (Phi) is 10.8. The predicted molar refractivity (Wildman–Crippen MR) is 122 cm³/mol. The third-order valence-corrected chi connectivity index (χ3v) is 4.08. The van der Waals surface area contributed by atoms with Crippen molar-refractivity contribution in [1.82, 2.24) is 20.8 Å². The van der Waals surface area contributed by atoms with Gasteiger partial charge in [0.15, 0.2) is 5.96 Å². The highest BCUT2D eigenvalue weighted by Crippen LogP contribution is 2.21. The maximum atomic E-state index is 6.04. The molecule has 0 unspecified atom stereocenters. The first-order valence-corrected chi connectivity index (χ1v) is 9.23. The Balaban J connectivity index is 0.00000364. The van der Waals surface area contributed by atoms with E-state index in [2.05, 4.69) is 64.8 Å². The second-order valence-electron chi connectivity index (χ2n) is 6.86. The summed E-state index contributed by atoms with van der Waals surface area (Å²) in [6, 6.07) is 8.26. The lowest BCUT2D eigenvalue weighted by Gasteiger charge is -2.15. The molecule has 0 aliphatic heterocycles. The molecule has 0 amide bonds. The molecule has 6 nitrogen and oxygen atoms in total. The zero-order valence-corrected chi connectivity index (χ0v) is 19.0. The Morgan fingerprint density at radius 2 is 2.00 bits per heavy atom. The Hall–Kier alpha value is -1.77. The number of ether oxygens (including phenoxy) is 1. The van der Waals surface area contributed by atoms with Crippen molar-refractivity contribution in [2.45, 2.75) is 46.7 Å². The van der Waals surface area contributed by atoms with Crippen molar-refractivity contribution in [3.05, 3.63) is 47.3 Å². The molecule has 3 N–H and O–H groups in total. The van der Waals surface area contributed by atoms with Crippen LogP contribution in [0.3, 0.4) is 0 Å². The maximum absolute atomic E-state index is 6.04. The van der Waals surface area contributed by atoms with Gasteiger partial charge in [0.2, 0.25) is 0 Å². The quantitative estimate of drug-likeness (QED) is 0.217. The molecule has 0 aliphatic carbocycles. The molecule has 2 rings (SSSR count). The fourth-order valence-corrected chi connectivity index (χ4v) is 2.58. The molecular formula is C20H32IN5O. The molecule has 0 fully saturated rings. The number of aryl methyl sites for hydroxylation is 1. The Morgan fingerprint density at radius 3 is 2.67 bits per heavy atom. The number of halogens is 1. The summed E-state index contributed by atoms with van der Waals surface area (Å²) < 4.78 is 6.04. The summed E-state index contributed by atoms with van der Waals surface area (Å²) in [6.07, 6.45) is 4.00. The van der Waals surface area contributed by atoms with E-state index in [9.17, 15) is 0 Å². The van der Waals surface area contributed by atoms with Crippen LogP contribution in [0.25, 0.3) is 0 Å². The maximum Gasteiger partial charge on any atom is 0.191 e. The highest BCUT2D eigenvalue weighted by atomic mass is 127. The van der Waals surface area contributed by atoms with E-state index in [4.69, 9.17) is 4.74 Å². The van der Waals surface area contributed by atoms with Crippen LogP contribution in [0.1, 0.15) is 43.5 Å². The largest absolute Gasteiger partial charge is 0.493 e. The standard InChI is InChI=1S/C20H31N5O.HI/c1-15(2)6-5-11-26-19-12-16(3)7-8-17(19)13-22-20(21-4)23-14-18-9-10-24-25-18;/h7-10,12,15H,5-6,11,13-14H2,1-4H3,(H,24,25)(H2,21,22,23);1H. The van der Waals surface area contributed by atoms with Gasteiger partial charge in [0, 0.05) is 25.4 Å². The Bertz CT molecular complexity index is 686. The minimum absolute atomic E-state index is 0. The highest BCUT2D eigenvalue weighted by molar-refractivity contribution is 14.0. The summed E-state index contributed by atoms with van der Waals surface area (Å²) in [5.74, 6) is 2.40. The van der Waals surface area contributed by atoms with Crippen LogP contribution in [0.4, 0.5) is 0 Å². The van der Waals surface area contributed by atoms with Crippen LogP contribution >= 0.6 is 24.0 Å². The number of aliphatic imine (C=N–C) groups is 1. The first kappa shape index (κ1) is 23.3. The van der Waals surface area contributed by atoms with E-state index in [1.165, 1.54) is 12.0 Å². The molecule has 0 atom stereocenters. The summed E-state index contributed by atoms with van der Waals surface area (Å²) >= 11 is 0. The number of nitrogens with zero attached hydrogens (tertiary/aromatic N) is 2. The molecular weight excluding hydrogens is 453 g/mol. The minimum Gasteiger partial charge on any atom is -0.493 e. The van der Waals surface area contributed by atoms with E-state index >= 15 is 0 Å². The van der Waals surface area contributed by atoms with Crippen LogP contribution in [0.2, 0.25) is 0 Å². The van der Waals surface area contributed by atoms with Crippen molar-refractivity contribution < 1.29 is 4.74 Å². The average molecular weight is 485 g/mol. The molecule has 1 aromatic carbocycles. The number of hydrogen-bond donors (Lipinski definition) is 3. The molecule has 0 bridgehead atoms. The molecule has 0 aliphatic rings. The van der Waals surface area contributed by atoms with Gasteiger partial charge in [-0.3, -0.25) is 10.1 Å². The molecule has 0 radical (unpaired) electrons. The number of nitrogens with one attached hydrogen (secondary N) is 3.